The molecule has 4 aromatic rings. The molecule has 0 radical (unpaired) electrons. The minimum absolute atomic E-state index is 0.00875. The number of fused-ring (bicyclic) bond motifs is 1. The number of aliphatic hydroxyl groups excluding tert-OH is 1. The van der Waals surface area contributed by atoms with Gasteiger partial charge in [-0.3, -0.25) is 4.79 Å². The number of pyridine rings is 1. The van der Waals surface area contributed by atoms with Gasteiger partial charge in [0.2, 0.25) is 0 Å². The van der Waals surface area contributed by atoms with Crippen LogP contribution in [0.3, 0.4) is 0 Å². The van der Waals surface area contributed by atoms with Gasteiger partial charge in [0, 0.05) is 17.6 Å². The van der Waals surface area contributed by atoms with E-state index in [1.807, 2.05) is 91.9 Å². The van der Waals surface area contributed by atoms with E-state index in [0.717, 1.165) is 33.3 Å². The molecule has 0 spiro atoms. The summed E-state index contributed by atoms with van der Waals surface area (Å²) in [5.41, 5.74) is 5.00. The molecule has 4 nitrogen and oxygen atoms in total. The van der Waals surface area contributed by atoms with Gasteiger partial charge in [-0.1, -0.05) is 78.9 Å². The van der Waals surface area contributed by atoms with Gasteiger partial charge in [-0.2, -0.15) is 0 Å². The standard InChI is InChI=1S/C26H24N2O2/c1-18-24(26(30)28-22(16-17-29)19-10-4-2-5-11-19)21-14-8-9-15-23(21)27-25(18)20-12-6-3-7-13-20/h2-15,22,29H,16-17H2,1H3,(H,28,30)/t22-/m1/s1. The highest BCUT2D eigenvalue weighted by atomic mass is 16.3. The van der Waals surface area contributed by atoms with Gasteiger partial charge in [-0.05, 0) is 30.5 Å². The first-order valence-corrected chi connectivity index (χ1v) is 10.1. The zero-order chi connectivity index (χ0) is 20.9. The predicted molar refractivity (Wildman–Crippen MR) is 120 cm³/mol. The zero-order valence-corrected chi connectivity index (χ0v) is 16.9. The molecule has 1 amide bonds. The molecule has 4 heteroatoms. The lowest BCUT2D eigenvalue weighted by molar-refractivity contribution is 0.0931. The van der Waals surface area contributed by atoms with Crippen LogP contribution >= 0.6 is 0 Å². The summed E-state index contributed by atoms with van der Waals surface area (Å²) in [6.45, 7) is 1.94. The normalized spacial score (nSPS) is 11.9. The summed E-state index contributed by atoms with van der Waals surface area (Å²) in [4.78, 5) is 18.3. The molecule has 1 atom stereocenters. The van der Waals surface area contributed by atoms with E-state index >= 15 is 0 Å². The molecule has 1 aromatic heterocycles. The molecule has 0 bridgehead atoms. The number of hydrogen-bond acceptors (Lipinski definition) is 3. The fourth-order valence-electron chi connectivity index (χ4n) is 3.84. The third kappa shape index (κ3) is 3.95. The quantitative estimate of drug-likeness (QED) is 0.479. The zero-order valence-electron chi connectivity index (χ0n) is 16.9. The Morgan fingerprint density at radius 3 is 2.27 bits per heavy atom. The lowest BCUT2D eigenvalue weighted by atomic mass is 9.96. The number of aliphatic hydroxyl groups is 1. The van der Waals surface area contributed by atoms with Gasteiger partial charge in [-0.15, -0.1) is 0 Å². The monoisotopic (exact) mass is 396 g/mol. The summed E-state index contributed by atoms with van der Waals surface area (Å²) in [7, 11) is 0. The fourth-order valence-corrected chi connectivity index (χ4v) is 3.84. The lowest BCUT2D eigenvalue weighted by Gasteiger charge is -2.21. The number of benzene rings is 3. The number of hydrogen-bond donors (Lipinski definition) is 2. The number of nitrogens with zero attached hydrogens (tertiary/aromatic N) is 1. The maximum atomic E-state index is 13.5. The Morgan fingerprint density at radius 2 is 1.57 bits per heavy atom. The smallest absolute Gasteiger partial charge is 0.252 e. The van der Waals surface area contributed by atoms with Gasteiger partial charge in [-0.25, -0.2) is 4.98 Å². The van der Waals surface area contributed by atoms with Crippen molar-refractivity contribution in [3.63, 3.8) is 0 Å². The van der Waals surface area contributed by atoms with Crippen LogP contribution in [-0.2, 0) is 0 Å². The van der Waals surface area contributed by atoms with E-state index in [1.54, 1.807) is 0 Å². The number of amides is 1. The van der Waals surface area contributed by atoms with Crippen LogP contribution in [0.4, 0.5) is 0 Å². The van der Waals surface area contributed by atoms with E-state index in [1.165, 1.54) is 0 Å². The Balaban J connectivity index is 1.81. The van der Waals surface area contributed by atoms with Crippen molar-refractivity contribution in [3.8, 4) is 11.3 Å². The van der Waals surface area contributed by atoms with Crippen molar-refractivity contribution < 1.29 is 9.90 Å². The van der Waals surface area contributed by atoms with Crippen molar-refractivity contribution in [2.45, 2.75) is 19.4 Å². The Bertz CT molecular complexity index is 1160. The molecule has 0 saturated carbocycles. The van der Waals surface area contributed by atoms with Crippen LogP contribution in [0.1, 0.15) is 33.9 Å². The first kappa shape index (κ1) is 19.8. The van der Waals surface area contributed by atoms with Crippen LogP contribution in [0.15, 0.2) is 84.9 Å². The number of para-hydroxylation sites is 1. The molecular weight excluding hydrogens is 372 g/mol. The third-order valence-corrected chi connectivity index (χ3v) is 5.34. The highest BCUT2D eigenvalue weighted by molar-refractivity contribution is 6.09. The van der Waals surface area contributed by atoms with Crippen molar-refractivity contribution in [2.24, 2.45) is 0 Å². The van der Waals surface area contributed by atoms with Gasteiger partial charge in [0.15, 0.2) is 0 Å². The SMILES string of the molecule is Cc1c(-c2ccccc2)nc2ccccc2c1C(=O)N[C@H](CCO)c1ccccc1. The summed E-state index contributed by atoms with van der Waals surface area (Å²) in [5, 5.41) is 13.5. The first-order chi connectivity index (χ1) is 14.7. The van der Waals surface area contributed by atoms with E-state index in [0.29, 0.717) is 12.0 Å². The van der Waals surface area contributed by atoms with Crippen molar-refractivity contribution >= 4 is 16.8 Å². The van der Waals surface area contributed by atoms with Gasteiger partial charge in [0.05, 0.1) is 22.8 Å². The highest BCUT2D eigenvalue weighted by Crippen LogP contribution is 2.30. The molecule has 2 N–H and O–H groups in total. The number of aromatic nitrogens is 1. The number of rotatable bonds is 6. The van der Waals surface area contributed by atoms with Gasteiger partial charge < -0.3 is 10.4 Å². The topological polar surface area (TPSA) is 62.2 Å². The molecule has 0 aliphatic rings. The molecule has 4 rings (SSSR count). The molecule has 0 saturated heterocycles. The minimum Gasteiger partial charge on any atom is -0.396 e. The number of nitrogens with one attached hydrogen (secondary N) is 1. The van der Waals surface area contributed by atoms with Crippen LogP contribution in [-0.4, -0.2) is 22.6 Å². The summed E-state index contributed by atoms with van der Waals surface area (Å²) in [6, 6.07) is 27.1. The Hall–Kier alpha value is -3.50. The minimum atomic E-state index is -0.268. The Morgan fingerprint density at radius 1 is 0.933 bits per heavy atom. The Kier molecular flexibility index (Phi) is 5.87. The molecule has 3 aromatic carbocycles. The van der Waals surface area contributed by atoms with Gasteiger partial charge >= 0.3 is 0 Å². The molecule has 0 fully saturated rings. The van der Waals surface area contributed by atoms with Gasteiger partial charge in [0.25, 0.3) is 5.91 Å². The lowest BCUT2D eigenvalue weighted by Crippen LogP contribution is -2.30. The van der Waals surface area contributed by atoms with Crippen molar-refractivity contribution in [3.05, 3.63) is 102 Å². The van der Waals surface area contributed by atoms with E-state index in [9.17, 15) is 9.90 Å². The maximum Gasteiger partial charge on any atom is 0.252 e. The number of carbonyl (C=O) groups excluding carboxylic acids is 1. The van der Waals surface area contributed by atoms with E-state index < -0.39 is 0 Å². The average Bonchev–Trinajstić information content (AvgIpc) is 2.79. The van der Waals surface area contributed by atoms with Crippen molar-refractivity contribution in [1.29, 1.82) is 0 Å². The summed E-state index contributed by atoms with van der Waals surface area (Å²) in [5.74, 6) is -0.161. The van der Waals surface area contributed by atoms with Crippen LogP contribution in [0.5, 0.6) is 0 Å². The molecule has 150 valence electrons. The van der Waals surface area contributed by atoms with E-state index in [2.05, 4.69) is 5.32 Å². The van der Waals surface area contributed by atoms with Crippen molar-refractivity contribution in [1.82, 2.24) is 10.3 Å². The highest BCUT2D eigenvalue weighted by Gasteiger charge is 2.21. The molecular formula is C26H24N2O2. The molecule has 0 unspecified atom stereocenters. The van der Waals surface area contributed by atoms with Crippen LogP contribution in [0.25, 0.3) is 22.2 Å². The predicted octanol–water partition coefficient (Wildman–Crippen LogP) is 5.06. The van der Waals surface area contributed by atoms with Gasteiger partial charge in [0.1, 0.15) is 0 Å². The van der Waals surface area contributed by atoms with Crippen LogP contribution in [0.2, 0.25) is 0 Å². The summed E-state index contributed by atoms with van der Waals surface area (Å²) < 4.78 is 0. The Labute approximate surface area is 176 Å². The third-order valence-electron chi connectivity index (χ3n) is 5.34. The molecule has 1 heterocycles. The molecule has 30 heavy (non-hydrogen) atoms. The second kappa shape index (κ2) is 8.89. The van der Waals surface area contributed by atoms with E-state index in [4.69, 9.17) is 4.98 Å². The van der Waals surface area contributed by atoms with E-state index in [-0.39, 0.29) is 18.6 Å². The second-order valence-electron chi connectivity index (χ2n) is 7.29. The summed E-state index contributed by atoms with van der Waals surface area (Å²) in [6.07, 6.45) is 0.448. The van der Waals surface area contributed by atoms with Crippen LogP contribution in [0, 0.1) is 6.92 Å². The average molecular weight is 396 g/mol. The first-order valence-electron chi connectivity index (χ1n) is 10.1. The molecule has 0 aliphatic heterocycles. The fraction of sp³-hybridized carbons (Fsp3) is 0.154. The number of carbonyl (C=O) groups is 1. The maximum absolute atomic E-state index is 13.5. The van der Waals surface area contributed by atoms with Crippen LogP contribution < -0.4 is 5.32 Å². The molecule has 0 aliphatic carbocycles. The summed E-state index contributed by atoms with van der Waals surface area (Å²) >= 11 is 0. The largest absolute Gasteiger partial charge is 0.396 e. The van der Waals surface area contributed by atoms with Crippen molar-refractivity contribution in [2.75, 3.05) is 6.61 Å². The second-order valence-corrected chi connectivity index (χ2v) is 7.29.